The van der Waals surface area contributed by atoms with Gasteiger partial charge in [0, 0.05) is 10.9 Å². The van der Waals surface area contributed by atoms with E-state index in [0.717, 1.165) is 0 Å². The summed E-state index contributed by atoms with van der Waals surface area (Å²) in [4.78, 5) is 10.2. The third-order valence-corrected chi connectivity index (χ3v) is 2.62. The maximum atomic E-state index is 10.2. The van der Waals surface area contributed by atoms with Crippen molar-refractivity contribution in [2.24, 2.45) is 0 Å². The third kappa shape index (κ3) is 1.51. The van der Waals surface area contributed by atoms with E-state index in [0.29, 0.717) is 16.9 Å². The highest BCUT2D eigenvalue weighted by atomic mass is 35.5. The number of hydrogen-bond acceptors (Lipinski definition) is 2. The van der Waals surface area contributed by atoms with Crippen molar-refractivity contribution in [2.75, 3.05) is 0 Å². The molecule has 10 heavy (non-hydrogen) atoms. The van der Waals surface area contributed by atoms with E-state index in [1.807, 2.05) is 0 Å². The molecule has 0 N–H and O–H groups in total. The standard InChI is InChI=1S/C6H4Cl2OS/c7-5(1-9)4-2-10-3-6(4)8/h1-3,5H. The fourth-order valence-corrected chi connectivity index (χ4v) is 2.01. The molecule has 0 aliphatic carbocycles. The van der Waals surface area contributed by atoms with Gasteiger partial charge in [-0.25, -0.2) is 0 Å². The van der Waals surface area contributed by atoms with Crippen LogP contribution < -0.4 is 0 Å². The molecule has 1 unspecified atom stereocenters. The van der Waals surface area contributed by atoms with E-state index in [1.165, 1.54) is 11.3 Å². The molecule has 1 aromatic heterocycles. The lowest BCUT2D eigenvalue weighted by molar-refractivity contribution is -0.107. The van der Waals surface area contributed by atoms with Crippen LogP contribution in [-0.4, -0.2) is 6.29 Å². The Morgan fingerprint density at radius 1 is 1.60 bits per heavy atom. The molecule has 1 nitrogen and oxygen atoms in total. The molecule has 4 heteroatoms. The van der Waals surface area contributed by atoms with E-state index in [1.54, 1.807) is 10.8 Å². The first-order chi connectivity index (χ1) is 4.75. The maximum absolute atomic E-state index is 10.2. The molecular weight excluding hydrogens is 191 g/mol. The zero-order valence-electron chi connectivity index (χ0n) is 4.88. The molecule has 0 amide bonds. The lowest BCUT2D eigenvalue weighted by Gasteiger charge is -1.95. The summed E-state index contributed by atoms with van der Waals surface area (Å²) in [5.41, 5.74) is 0.698. The molecular formula is C6H4Cl2OS. The van der Waals surface area contributed by atoms with Gasteiger partial charge in [-0.05, 0) is 5.38 Å². The topological polar surface area (TPSA) is 17.1 Å². The van der Waals surface area contributed by atoms with Crippen molar-refractivity contribution in [2.45, 2.75) is 5.38 Å². The molecule has 1 rings (SSSR count). The molecule has 0 saturated heterocycles. The molecule has 1 aromatic rings. The Morgan fingerprint density at radius 2 is 2.30 bits per heavy atom. The van der Waals surface area contributed by atoms with Crippen LogP contribution in [0.4, 0.5) is 0 Å². The van der Waals surface area contributed by atoms with Gasteiger partial charge in [0.25, 0.3) is 0 Å². The van der Waals surface area contributed by atoms with Gasteiger partial charge in [-0.1, -0.05) is 11.6 Å². The Hall–Kier alpha value is -0.0500. The summed E-state index contributed by atoms with van der Waals surface area (Å²) < 4.78 is 0. The van der Waals surface area contributed by atoms with Gasteiger partial charge in [-0.2, -0.15) is 11.3 Å². The minimum absolute atomic E-state index is 0.567. The van der Waals surface area contributed by atoms with E-state index in [2.05, 4.69) is 0 Å². The van der Waals surface area contributed by atoms with Gasteiger partial charge < -0.3 is 4.79 Å². The van der Waals surface area contributed by atoms with Crippen LogP contribution in [0, 0.1) is 0 Å². The van der Waals surface area contributed by atoms with Crippen molar-refractivity contribution in [3.8, 4) is 0 Å². The number of hydrogen-bond donors (Lipinski definition) is 0. The lowest BCUT2D eigenvalue weighted by atomic mass is 10.2. The molecule has 0 bridgehead atoms. The Bertz CT molecular complexity index is 233. The van der Waals surface area contributed by atoms with Gasteiger partial charge in [0.15, 0.2) is 0 Å². The molecule has 1 atom stereocenters. The second kappa shape index (κ2) is 3.37. The van der Waals surface area contributed by atoms with Crippen LogP contribution in [0.3, 0.4) is 0 Å². The van der Waals surface area contributed by atoms with Crippen LogP contribution in [-0.2, 0) is 4.79 Å². The van der Waals surface area contributed by atoms with Crippen molar-refractivity contribution in [3.05, 3.63) is 21.3 Å². The highest BCUT2D eigenvalue weighted by molar-refractivity contribution is 7.08. The zero-order chi connectivity index (χ0) is 7.56. The van der Waals surface area contributed by atoms with E-state index in [4.69, 9.17) is 23.2 Å². The first-order valence-corrected chi connectivity index (χ1v) is 4.32. The molecule has 1 heterocycles. The predicted molar refractivity (Wildman–Crippen MR) is 44.0 cm³/mol. The highest BCUT2D eigenvalue weighted by Crippen LogP contribution is 2.29. The van der Waals surface area contributed by atoms with Crippen molar-refractivity contribution in [1.82, 2.24) is 0 Å². The Labute approximate surface area is 72.6 Å². The summed E-state index contributed by atoms with van der Waals surface area (Å²) in [7, 11) is 0. The van der Waals surface area contributed by atoms with E-state index in [9.17, 15) is 4.79 Å². The molecule has 0 aliphatic rings. The van der Waals surface area contributed by atoms with Gasteiger partial charge in [-0.15, -0.1) is 11.6 Å². The summed E-state index contributed by atoms with van der Waals surface area (Å²) >= 11 is 12.7. The molecule has 0 radical (unpaired) electrons. The highest BCUT2D eigenvalue weighted by Gasteiger charge is 2.10. The van der Waals surface area contributed by atoms with Gasteiger partial charge in [0.2, 0.25) is 0 Å². The Morgan fingerprint density at radius 3 is 2.70 bits per heavy atom. The van der Waals surface area contributed by atoms with E-state index >= 15 is 0 Å². The van der Waals surface area contributed by atoms with Crippen molar-refractivity contribution in [1.29, 1.82) is 0 Å². The fraction of sp³-hybridized carbons (Fsp3) is 0.167. The van der Waals surface area contributed by atoms with Gasteiger partial charge in [0.1, 0.15) is 11.7 Å². The SMILES string of the molecule is O=CC(Cl)c1cscc1Cl. The van der Waals surface area contributed by atoms with Crippen LogP contribution in [0.1, 0.15) is 10.9 Å². The number of thiophene rings is 1. The Kier molecular flexibility index (Phi) is 2.72. The molecule has 0 aromatic carbocycles. The summed E-state index contributed by atoms with van der Waals surface area (Å²) in [6.07, 6.45) is 0.662. The molecule has 0 fully saturated rings. The number of carbonyl (C=O) groups excluding carboxylic acids is 1. The first-order valence-electron chi connectivity index (χ1n) is 2.56. The van der Waals surface area contributed by atoms with Crippen LogP contribution >= 0.6 is 34.5 Å². The van der Waals surface area contributed by atoms with Gasteiger partial charge >= 0.3 is 0 Å². The Balaban J connectivity index is 2.92. The van der Waals surface area contributed by atoms with Crippen molar-refractivity contribution < 1.29 is 4.79 Å². The first kappa shape index (κ1) is 8.05. The number of rotatable bonds is 2. The van der Waals surface area contributed by atoms with Crippen LogP contribution in [0.5, 0.6) is 0 Å². The quantitative estimate of drug-likeness (QED) is 0.523. The molecule has 0 spiro atoms. The molecule has 0 aliphatic heterocycles. The van der Waals surface area contributed by atoms with Gasteiger partial charge in [0.05, 0.1) is 5.02 Å². The van der Waals surface area contributed by atoms with E-state index in [-0.39, 0.29) is 0 Å². The van der Waals surface area contributed by atoms with Crippen LogP contribution in [0.15, 0.2) is 10.8 Å². The van der Waals surface area contributed by atoms with Crippen molar-refractivity contribution in [3.63, 3.8) is 0 Å². The summed E-state index contributed by atoms with van der Waals surface area (Å²) in [6.45, 7) is 0. The normalized spacial score (nSPS) is 13.0. The number of carbonyl (C=O) groups is 1. The lowest BCUT2D eigenvalue weighted by Crippen LogP contribution is -1.87. The number of alkyl halides is 1. The van der Waals surface area contributed by atoms with E-state index < -0.39 is 5.38 Å². The molecule has 0 saturated carbocycles. The second-order valence-corrected chi connectivity index (χ2v) is 3.33. The summed E-state index contributed by atoms with van der Waals surface area (Å²) in [6, 6.07) is 0. The second-order valence-electron chi connectivity index (χ2n) is 1.71. The van der Waals surface area contributed by atoms with Crippen LogP contribution in [0.25, 0.3) is 0 Å². The minimum Gasteiger partial charge on any atom is -0.301 e. The smallest absolute Gasteiger partial charge is 0.142 e. The van der Waals surface area contributed by atoms with Crippen molar-refractivity contribution >= 4 is 40.8 Å². The number of aldehydes is 1. The van der Waals surface area contributed by atoms with Crippen LogP contribution in [0.2, 0.25) is 5.02 Å². The number of halogens is 2. The predicted octanol–water partition coefficient (Wildman–Crippen LogP) is 2.88. The molecule has 54 valence electrons. The average Bonchev–Trinajstić information content (AvgIpc) is 2.34. The summed E-state index contributed by atoms with van der Waals surface area (Å²) in [5, 5.41) is 3.49. The van der Waals surface area contributed by atoms with Gasteiger partial charge in [-0.3, -0.25) is 0 Å². The third-order valence-electron chi connectivity index (χ3n) is 1.06. The monoisotopic (exact) mass is 194 g/mol. The average molecular weight is 195 g/mol. The summed E-state index contributed by atoms with van der Waals surface area (Å²) in [5.74, 6) is 0. The fourth-order valence-electron chi connectivity index (χ4n) is 0.561. The minimum atomic E-state index is -0.598. The zero-order valence-corrected chi connectivity index (χ0v) is 7.21. The maximum Gasteiger partial charge on any atom is 0.142 e. The largest absolute Gasteiger partial charge is 0.301 e.